The molecule has 2 aromatic rings. The van der Waals surface area contributed by atoms with Gasteiger partial charge >= 0.3 is 0 Å². The fraction of sp³-hybridized carbons (Fsp3) is 0.429. The van der Waals surface area contributed by atoms with Crippen molar-refractivity contribution in [2.45, 2.75) is 20.3 Å². The van der Waals surface area contributed by atoms with Gasteiger partial charge in [-0.2, -0.15) is 0 Å². The number of nitrogens with zero attached hydrogens (tertiary/aromatic N) is 1. The van der Waals surface area contributed by atoms with E-state index in [4.69, 9.17) is 4.74 Å². The lowest BCUT2D eigenvalue weighted by Crippen LogP contribution is -2.39. The van der Waals surface area contributed by atoms with Crippen molar-refractivity contribution in [3.05, 3.63) is 64.2 Å². The number of rotatable bonds is 6. The molecule has 0 spiro atoms. The van der Waals surface area contributed by atoms with Gasteiger partial charge in [-0.3, -0.25) is 4.90 Å². The Morgan fingerprint density at radius 2 is 1.77 bits per heavy atom. The van der Waals surface area contributed by atoms with E-state index < -0.39 is 11.6 Å². The maximum absolute atomic E-state index is 14.1. The van der Waals surface area contributed by atoms with E-state index in [1.54, 1.807) is 0 Å². The lowest BCUT2D eigenvalue weighted by atomic mass is 9.97. The summed E-state index contributed by atoms with van der Waals surface area (Å²) in [5.74, 6) is -0.994. The number of morpholine rings is 1. The molecular formula is C21H26F2N2O. The summed E-state index contributed by atoms with van der Waals surface area (Å²) in [6.45, 7) is 9.20. The van der Waals surface area contributed by atoms with Crippen LogP contribution in [0.3, 0.4) is 0 Å². The van der Waals surface area contributed by atoms with Crippen molar-refractivity contribution in [2.24, 2.45) is 0 Å². The van der Waals surface area contributed by atoms with Crippen molar-refractivity contribution in [1.82, 2.24) is 4.90 Å². The number of halogens is 2. The van der Waals surface area contributed by atoms with Gasteiger partial charge < -0.3 is 10.1 Å². The maximum Gasteiger partial charge on any atom is 0.129 e. The van der Waals surface area contributed by atoms with Gasteiger partial charge in [0.15, 0.2) is 0 Å². The van der Waals surface area contributed by atoms with Gasteiger partial charge in [-0.1, -0.05) is 23.8 Å². The highest BCUT2D eigenvalue weighted by molar-refractivity contribution is 5.60. The normalized spacial score (nSPS) is 15.2. The van der Waals surface area contributed by atoms with Crippen LogP contribution in [0.5, 0.6) is 0 Å². The highest BCUT2D eigenvalue weighted by atomic mass is 19.1. The van der Waals surface area contributed by atoms with E-state index in [2.05, 4.69) is 16.3 Å². The lowest BCUT2D eigenvalue weighted by Gasteiger charge is -2.27. The number of nitrogens with one attached hydrogen (secondary N) is 1. The summed E-state index contributed by atoms with van der Waals surface area (Å²) >= 11 is 0. The number of hydrogen-bond acceptors (Lipinski definition) is 3. The number of ether oxygens (including phenoxy) is 1. The van der Waals surface area contributed by atoms with Crippen molar-refractivity contribution >= 4 is 5.69 Å². The van der Waals surface area contributed by atoms with Crippen LogP contribution in [0, 0.1) is 25.5 Å². The zero-order valence-corrected chi connectivity index (χ0v) is 15.4. The van der Waals surface area contributed by atoms with E-state index in [1.165, 1.54) is 18.2 Å². The molecule has 0 atom stereocenters. The average molecular weight is 360 g/mol. The predicted molar refractivity (Wildman–Crippen MR) is 101 cm³/mol. The van der Waals surface area contributed by atoms with Crippen LogP contribution >= 0.6 is 0 Å². The molecule has 1 aliphatic rings. The van der Waals surface area contributed by atoms with Crippen LogP contribution < -0.4 is 5.32 Å². The molecule has 0 saturated carbocycles. The molecule has 0 aliphatic carbocycles. The molecule has 1 heterocycles. The minimum atomic E-state index is -0.497. The zero-order chi connectivity index (χ0) is 18.5. The molecule has 140 valence electrons. The summed E-state index contributed by atoms with van der Waals surface area (Å²) in [5, 5.41) is 3.49. The minimum Gasteiger partial charge on any atom is -0.383 e. The van der Waals surface area contributed by atoms with Gasteiger partial charge in [0.2, 0.25) is 0 Å². The Morgan fingerprint density at radius 1 is 1.08 bits per heavy atom. The van der Waals surface area contributed by atoms with Crippen molar-refractivity contribution < 1.29 is 13.5 Å². The topological polar surface area (TPSA) is 24.5 Å². The van der Waals surface area contributed by atoms with Crippen LogP contribution in [0.2, 0.25) is 0 Å². The number of aryl methyl sites for hydroxylation is 2. The Hall–Kier alpha value is -1.98. The molecule has 0 bridgehead atoms. The SMILES string of the molecule is Cc1cc(C)c(NCCN2CCOCC2)c(Cc2c(F)cccc2F)c1. The number of anilines is 1. The van der Waals surface area contributed by atoms with E-state index in [1.807, 2.05) is 19.9 Å². The molecule has 0 unspecified atom stereocenters. The second-order valence-electron chi connectivity index (χ2n) is 6.87. The molecule has 0 radical (unpaired) electrons. The van der Waals surface area contributed by atoms with Crippen LogP contribution in [0.15, 0.2) is 30.3 Å². The fourth-order valence-corrected chi connectivity index (χ4v) is 3.50. The first-order chi connectivity index (χ1) is 12.5. The lowest BCUT2D eigenvalue weighted by molar-refractivity contribution is 0.0398. The quantitative estimate of drug-likeness (QED) is 0.845. The second-order valence-corrected chi connectivity index (χ2v) is 6.87. The van der Waals surface area contributed by atoms with Crippen LogP contribution in [0.1, 0.15) is 22.3 Å². The van der Waals surface area contributed by atoms with Gasteiger partial charge in [0, 0.05) is 43.9 Å². The molecule has 1 fully saturated rings. The molecule has 5 heteroatoms. The largest absolute Gasteiger partial charge is 0.383 e. The standard InChI is InChI=1S/C21H26F2N2O/c1-15-12-16(2)21(24-6-7-25-8-10-26-11-9-25)17(13-15)14-18-19(22)4-3-5-20(18)23/h3-5,12-13,24H,6-11,14H2,1-2H3. The average Bonchev–Trinajstić information content (AvgIpc) is 2.61. The first-order valence-corrected chi connectivity index (χ1v) is 9.11. The van der Waals surface area contributed by atoms with Crippen molar-refractivity contribution in [1.29, 1.82) is 0 Å². The highest BCUT2D eigenvalue weighted by Crippen LogP contribution is 2.27. The van der Waals surface area contributed by atoms with Crippen molar-refractivity contribution in [3.63, 3.8) is 0 Å². The number of hydrogen-bond donors (Lipinski definition) is 1. The van der Waals surface area contributed by atoms with Gasteiger partial charge in [0.1, 0.15) is 11.6 Å². The Bertz CT molecular complexity index is 738. The van der Waals surface area contributed by atoms with E-state index in [-0.39, 0.29) is 12.0 Å². The van der Waals surface area contributed by atoms with Crippen LogP contribution in [0.4, 0.5) is 14.5 Å². The van der Waals surface area contributed by atoms with E-state index in [0.29, 0.717) is 0 Å². The molecule has 1 saturated heterocycles. The molecule has 0 amide bonds. The summed E-state index contributed by atoms with van der Waals surface area (Å²) < 4.78 is 33.5. The summed E-state index contributed by atoms with van der Waals surface area (Å²) in [6, 6.07) is 8.13. The second kappa shape index (κ2) is 8.60. The summed E-state index contributed by atoms with van der Waals surface area (Å²) in [4.78, 5) is 2.36. The fourth-order valence-electron chi connectivity index (χ4n) is 3.50. The van der Waals surface area contributed by atoms with Gasteiger partial charge in [-0.05, 0) is 37.1 Å². The van der Waals surface area contributed by atoms with E-state index in [9.17, 15) is 8.78 Å². The molecular weight excluding hydrogens is 334 g/mol. The minimum absolute atomic E-state index is 0.119. The highest BCUT2D eigenvalue weighted by Gasteiger charge is 2.15. The van der Waals surface area contributed by atoms with Crippen LogP contribution in [-0.2, 0) is 11.2 Å². The maximum atomic E-state index is 14.1. The van der Waals surface area contributed by atoms with Crippen molar-refractivity contribution in [3.8, 4) is 0 Å². The van der Waals surface area contributed by atoms with E-state index >= 15 is 0 Å². The van der Waals surface area contributed by atoms with Crippen molar-refractivity contribution in [2.75, 3.05) is 44.7 Å². The first-order valence-electron chi connectivity index (χ1n) is 9.11. The van der Waals surface area contributed by atoms with E-state index in [0.717, 1.165) is 61.8 Å². The molecule has 2 aromatic carbocycles. The Labute approximate surface area is 154 Å². The molecule has 3 rings (SSSR count). The third kappa shape index (κ3) is 4.59. The molecule has 1 aliphatic heterocycles. The molecule has 26 heavy (non-hydrogen) atoms. The third-order valence-corrected chi connectivity index (χ3v) is 4.82. The Balaban J connectivity index is 1.76. The molecule has 3 nitrogen and oxygen atoms in total. The molecule has 0 aromatic heterocycles. The summed E-state index contributed by atoms with van der Waals surface area (Å²) in [5.41, 5.74) is 4.21. The Morgan fingerprint density at radius 3 is 2.46 bits per heavy atom. The van der Waals surface area contributed by atoms with Gasteiger partial charge in [-0.25, -0.2) is 8.78 Å². The van der Waals surface area contributed by atoms with Gasteiger partial charge in [-0.15, -0.1) is 0 Å². The predicted octanol–water partition coefficient (Wildman–Crippen LogP) is 3.92. The van der Waals surface area contributed by atoms with Gasteiger partial charge in [0.25, 0.3) is 0 Å². The summed E-state index contributed by atoms with van der Waals surface area (Å²) in [6.07, 6.45) is 0.237. The Kier molecular flexibility index (Phi) is 6.22. The monoisotopic (exact) mass is 360 g/mol. The zero-order valence-electron chi connectivity index (χ0n) is 15.4. The van der Waals surface area contributed by atoms with Crippen LogP contribution in [0.25, 0.3) is 0 Å². The number of benzene rings is 2. The van der Waals surface area contributed by atoms with Gasteiger partial charge in [0.05, 0.1) is 13.2 Å². The summed E-state index contributed by atoms with van der Waals surface area (Å²) in [7, 11) is 0. The third-order valence-electron chi connectivity index (χ3n) is 4.82. The smallest absolute Gasteiger partial charge is 0.129 e. The first kappa shape index (κ1) is 18.8. The van der Waals surface area contributed by atoms with Crippen LogP contribution in [-0.4, -0.2) is 44.3 Å². The molecule has 1 N–H and O–H groups in total.